The maximum atomic E-state index is 11.8. The summed E-state index contributed by atoms with van der Waals surface area (Å²) in [5, 5.41) is 0.474. The van der Waals surface area contributed by atoms with E-state index in [0.717, 1.165) is 25.7 Å². The molecule has 0 heterocycles. The number of thiol groups is 1. The highest BCUT2D eigenvalue weighted by atomic mass is 32.1. The average molecular weight is 245 g/mol. The molecule has 16 heavy (non-hydrogen) atoms. The Balaban J connectivity index is 2.45. The fourth-order valence-corrected chi connectivity index (χ4v) is 2.32. The van der Waals surface area contributed by atoms with Crippen LogP contribution in [0.3, 0.4) is 0 Å². The zero-order chi connectivity index (χ0) is 12.3. The minimum absolute atomic E-state index is 0.262. The second kappa shape index (κ2) is 5.41. The minimum atomic E-state index is -0.472. The van der Waals surface area contributed by atoms with Crippen LogP contribution in [-0.2, 0) is 9.53 Å². The molecule has 0 aliphatic heterocycles. The van der Waals surface area contributed by atoms with E-state index in [1.54, 1.807) is 0 Å². The highest BCUT2D eigenvalue weighted by Crippen LogP contribution is 2.29. The van der Waals surface area contributed by atoms with Crippen LogP contribution in [0.15, 0.2) is 0 Å². The normalized spacial score (nSPS) is 28.6. The van der Waals surface area contributed by atoms with E-state index in [-0.39, 0.29) is 11.9 Å². The average Bonchev–Trinajstić information content (AvgIpc) is 2.15. The van der Waals surface area contributed by atoms with Gasteiger partial charge in [0.25, 0.3) is 0 Å². The SMILES string of the molecule is CC(C)(C)OC(=O)[C@H](N)C1CCC(S)CC1. The minimum Gasteiger partial charge on any atom is -0.459 e. The van der Waals surface area contributed by atoms with Crippen molar-refractivity contribution in [1.29, 1.82) is 0 Å². The number of carbonyl (C=O) groups is 1. The number of carbonyl (C=O) groups excluding carboxylic acids is 1. The van der Waals surface area contributed by atoms with E-state index in [1.165, 1.54) is 0 Å². The Kier molecular flexibility index (Phi) is 4.68. The predicted molar refractivity (Wildman–Crippen MR) is 68.6 cm³/mol. The van der Waals surface area contributed by atoms with Gasteiger partial charge in [-0.05, 0) is 52.4 Å². The van der Waals surface area contributed by atoms with Crippen molar-refractivity contribution in [3.8, 4) is 0 Å². The van der Waals surface area contributed by atoms with Gasteiger partial charge in [0.2, 0.25) is 0 Å². The Bertz CT molecular complexity index is 242. The quantitative estimate of drug-likeness (QED) is 0.579. The van der Waals surface area contributed by atoms with Gasteiger partial charge in [0.1, 0.15) is 11.6 Å². The van der Waals surface area contributed by atoms with Crippen LogP contribution in [0.1, 0.15) is 46.5 Å². The van der Waals surface area contributed by atoms with Gasteiger partial charge in [-0.25, -0.2) is 0 Å². The molecule has 3 nitrogen and oxygen atoms in total. The van der Waals surface area contributed by atoms with Gasteiger partial charge in [0.05, 0.1) is 0 Å². The van der Waals surface area contributed by atoms with Gasteiger partial charge in [0, 0.05) is 5.25 Å². The first-order valence-corrected chi connectivity index (χ1v) is 6.48. The third-order valence-electron chi connectivity index (χ3n) is 2.93. The number of rotatable bonds is 2. The van der Waals surface area contributed by atoms with Gasteiger partial charge in [-0.1, -0.05) is 0 Å². The van der Waals surface area contributed by atoms with Crippen molar-refractivity contribution in [2.75, 3.05) is 0 Å². The predicted octanol–water partition coefficient (Wildman–Crippen LogP) is 2.14. The standard InChI is InChI=1S/C12H23NO2S/c1-12(2,3)15-11(14)10(13)8-4-6-9(16)7-5-8/h8-10,16H,4-7,13H2,1-3H3/t8?,9?,10-/m1/s1. The lowest BCUT2D eigenvalue weighted by molar-refractivity contribution is -0.158. The topological polar surface area (TPSA) is 52.3 Å². The van der Waals surface area contributed by atoms with Crippen molar-refractivity contribution < 1.29 is 9.53 Å². The molecule has 1 fully saturated rings. The van der Waals surface area contributed by atoms with Crippen molar-refractivity contribution in [3.63, 3.8) is 0 Å². The fourth-order valence-electron chi connectivity index (χ4n) is 2.02. The zero-order valence-corrected chi connectivity index (χ0v) is 11.3. The first-order valence-electron chi connectivity index (χ1n) is 5.96. The largest absolute Gasteiger partial charge is 0.459 e. The third kappa shape index (κ3) is 4.34. The number of ether oxygens (including phenoxy) is 1. The lowest BCUT2D eigenvalue weighted by Crippen LogP contribution is -2.43. The molecule has 0 bridgehead atoms. The van der Waals surface area contributed by atoms with Crippen LogP contribution in [0.2, 0.25) is 0 Å². The number of esters is 1. The highest BCUT2D eigenvalue weighted by molar-refractivity contribution is 7.80. The second-order valence-electron chi connectivity index (χ2n) is 5.63. The van der Waals surface area contributed by atoms with E-state index in [9.17, 15) is 4.79 Å². The summed E-state index contributed by atoms with van der Waals surface area (Å²) in [7, 11) is 0. The molecular formula is C12H23NO2S. The number of nitrogens with two attached hydrogens (primary N) is 1. The molecule has 94 valence electrons. The van der Waals surface area contributed by atoms with Crippen LogP contribution in [0, 0.1) is 5.92 Å². The first kappa shape index (κ1) is 13.8. The van der Waals surface area contributed by atoms with Crippen LogP contribution >= 0.6 is 12.6 Å². The molecule has 1 rings (SSSR count). The van der Waals surface area contributed by atoms with Crippen LogP contribution in [-0.4, -0.2) is 22.9 Å². The molecule has 0 aromatic heterocycles. The Morgan fingerprint density at radius 1 is 1.31 bits per heavy atom. The van der Waals surface area contributed by atoms with Crippen LogP contribution < -0.4 is 5.73 Å². The highest BCUT2D eigenvalue weighted by Gasteiger charge is 2.31. The molecule has 4 heteroatoms. The first-order chi connectivity index (χ1) is 7.29. The van der Waals surface area contributed by atoms with Crippen molar-refractivity contribution in [3.05, 3.63) is 0 Å². The van der Waals surface area contributed by atoms with Crippen molar-refractivity contribution in [2.45, 2.75) is 63.3 Å². The van der Waals surface area contributed by atoms with Gasteiger partial charge in [-0.15, -0.1) is 0 Å². The molecule has 0 radical (unpaired) electrons. The maximum absolute atomic E-state index is 11.8. The molecule has 1 aliphatic carbocycles. The fraction of sp³-hybridized carbons (Fsp3) is 0.917. The molecule has 0 spiro atoms. The molecule has 1 atom stereocenters. The van der Waals surface area contributed by atoms with E-state index in [1.807, 2.05) is 20.8 Å². The summed E-state index contributed by atoms with van der Waals surface area (Å²) in [6, 6.07) is -0.472. The monoisotopic (exact) mass is 245 g/mol. The molecule has 0 saturated heterocycles. The lowest BCUT2D eigenvalue weighted by Gasteiger charge is -2.30. The zero-order valence-electron chi connectivity index (χ0n) is 10.4. The van der Waals surface area contributed by atoms with Crippen molar-refractivity contribution >= 4 is 18.6 Å². The van der Waals surface area contributed by atoms with Crippen LogP contribution in [0.25, 0.3) is 0 Å². The number of hydrogen-bond donors (Lipinski definition) is 2. The maximum Gasteiger partial charge on any atom is 0.323 e. The van der Waals surface area contributed by atoms with E-state index in [4.69, 9.17) is 10.5 Å². The van der Waals surface area contributed by atoms with Gasteiger partial charge in [-0.3, -0.25) is 4.79 Å². The summed E-state index contributed by atoms with van der Waals surface area (Å²) < 4.78 is 5.30. The molecule has 0 amide bonds. The molecule has 0 unspecified atom stereocenters. The van der Waals surface area contributed by atoms with E-state index >= 15 is 0 Å². The van der Waals surface area contributed by atoms with E-state index in [2.05, 4.69) is 12.6 Å². The van der Waals surface area contributed by atoms with Gasteiger partial charge < -0.3 is 10.5 Å². The van der Waals surface area contributed by atoms with Crippen molar-refractivity contribution in [1.82, 2.24) is 0 Å². The van der Waals surface area contributed by atoms with Crippen LogP contribution in [0.4, 0.5) is 0 Å². The van der Waals surface area contributed by atoms with Crippen LogP contribution in [0.5, 0.6) is 0 Å². The smallest absolute Gasteiger partial charge is 0.323 e. The van der Waals surface area contributed by atoms with Gasteiger partial charge in [-0.2, -0.15) is 12.6 Å². The van der Waals surface area contributed by atoms with Gasteiger partial charge in [0.15, 0.2) is 0 Å². The van der Waals surface area contributed by atoms with E-state index in [0.29, 0.717) is 5.25 Å². The summed E-state index contributed by atoms with van der Waals surface area (Å²) in [5.74, 6) is -0.00614. The summed E-state index contributed by atoms with van der Waals surface area (Å²) in [6.07, 6.45) is 4.05. The number of hydrogen-bond acceptors (Lipinski definition) is 4. The van der Waals surface area contributed by atoms with Crippen molar-refractivity contribution in [2.24, 2.45) is 11.7 Å². The third-order valence-corrected chi connectivity index (χ3v) is 3.44. The second-order valence-corrected chi connectivity index (χ2v) is 6.36. The Hall–Kier alpha value is -0.220. The van der Waals surface area contributed by atoms with Gasteiger partial charge >= 0.3 is 5.97 Å². The molecular weight excluding hydrogens is 222 g/mol. The molecule has 2 N–H and O–H groups in total. The summed E-state index contributed by atoms with van der Waals surface area (Å²) >= 11 is 4.43. The summed E-state index contributed by atoms with van der Waals surface area (Å²) in [6.45, 7) is 5.59. The summed E-state index contributed by atoms with van der Waals surface area (Å²) in [4.78, 5) is 11.8. The van der Waals surface area contributed by atoms with E-state index < -0.39 is 11.6 Å². The molecule has 0 aromatic rings. The molecule has 1 aliphatic rings. The Morgan fingerprint density at radius 3 is 2.25 bits per heavy atom. The summed E-state index contributed by atoms with van der Waals surface area (Å²) in [5.41, 5.74) is 5.50. The lowest BCUT2D eigenvalue weighted by atomic mass is 9.84. The molecule has 0 aromatic carbocycles. The Labute approximate surface area is 104 Å². The Morgan fingerprint density at radius 2 is 1.81 bits per heavy atom. The molecule has 1 saturated carbocycles.